The first-order chi connectivity index (χ1) is 5.65. The Kier molecular flexibility index (Phi) is 3.70. The fourth-order valence-electron chi connectivity index (χ4n) is 0.818. The minimum Gasteiger partial charge on any atom is -0.329 e. The van der Waals surface area contributed by atoms with E-state index in [1.165, 1.54) is 0 Å². The van der Waals surface area contributed by atoms with Crippen LogP contribution in [0.25, 0.3) is 0 Å². The second-order valence-electron chi connectivity index (χ2n) is 2.37. The van der Waals surface area contributed by atoms with Gasteiger partial charge in [-0.25, -0.2) is 4.98 Å². The lowest BCUT2D eigenvalue weighted by Crippen LogP contribution is -2.21. The molecular weight excluding hydrogens is 288 g/mol. The van der Waals surface area contributed by atoms with Gasteiger partial charge in [0.15, 0.2) is 0 Å². The van der Waals surface area contributed by atoms with E-state index in [2.05, 4.69) is 27.6 Å². The zero-order valence-electron chi connectivity index (χ0n) is 6.30. The summed E-state index contributed by atoms with van der Waals surface area (Å²) in [6, 6.07) is 1.62. The highest BCUT2D eigenvalue weighted by Crippen LogP contribution is 2.19. The van der Waals surface area contributed by atoms with E-state index in [1.807, 2.05) is 0 Å². The molecule has 0 spiro atoms. The number of pyridine rings is 1. The molecule has 0 saturated heterocycles. The van der Waals surface area contributed by atoms with Crippen LogP contribution in [-0.4, -0.2) is 11.5 Å². The van der Waals surface area contributed by atoms with Crippen molar-refractivity contribution in [2.24, 2.45) is 11.5 Å². The van der Waals surface area contributed by atoms with Crippen LogP contribution >= 0.6 is 34.2 Å². The summed E-state index contributed by atoms with van der Waals surface area (Å²) in [6.07, 6.45) is 1.67. The van der Waals surface area contributed by atoms with Crippen LogP contribution in [0.5, 0.6) is 0 Å². The predicted molar refractivity (Wildman–Crippen MR) is 57.9 cm³/mol. The van der Waals surface area contributed by atoms with Gasteiger partial charge < -0.3 is 11.5 Å². The average Bonchev–Trinajstić information content (AvgIpc) is 2.03. The number of halogens is 2. The smallest absolute Gasteiger partial charge is 0.130 e. The molecular formula is C7H9ClIN3. The zero-order chi connectivity index (χ0) is 9.14. The first kappa shape index (κ1) is 10.2. The van der Waals surface area contributed by atoms with Crippen LogP contribution in [0.1, 0.15) is 11.6 Å². The van der Waals surface area contributed by atoms with Crippen LogP contribution in [0, 0.1) is 3.57 Å². The normalized spacial score (nSPS) is 13.0. The Morgan fingerprint density at radius 3 is 2.83 bits per heavy atom. The quantitative estimate of drug-likeness (QED) is 0.639. The summed E-state index contributed by atoms with van der Waals surface area (Å²) in [5.74, 6) is 0. The van der Waals surface area contributed by atoms with Gasteiger partial charge in [0, 0.05) is 27.9 Å². The minimum atomic E-state index is -0.151. The van der Waals surface area contributed by atoms with E-state index in [4.69, 9.17) is 23.1 Å². The van der Waals surface area contributed by atoms with E-state index in [-0.39, 0.29) is 6.04 Å². The molecule has 1 atom stereocenters. The lowest BCUT2D eigenvalue weighted by atomic mass is 10.1. The molecule has 0 aromatic carbocycles. The summed E-state index contributed by atoms with van der Waals surface area (Å²) in [7, 11) is 0. The Morgan fingerprint density at radius 2 is 2.33 bits per heavy atom. The second-order valence-corrected chi connectivity index (χ2v) is 3.92. The molecule has 1 rings (SSSR count). The highest BCUT2D eigenvalue weighted by molar-refractivity contribution is 14.1. The van der Waals surface area contributed by atoms with E-state index in [9.17, 15) is 0 Å². The van der Waals surface area contributed by atoms with Gasteiger partial charge in [0.2, 0.25) is 0 Å². The Labute approximate surface area is 89.6 Å². The van der Waals surface area contributed by atoms with E-state index >= 15 is 0 Å². The molecule has 1 aromatic heterocycles. The van der Waals surface area contributed by atoms with Gasteiger partial charge in [-0.05, 0) is 28.7 Å². The number of hydrogen-bond donors (Lipinski definition) is 2. The van der Waals surface area contributed by atoms with Gasteiger partial charge in [0.1, 0.15) is 5.15 Å². The minimum absolute atomic E-state index is 0.151. The molecule has 1 heterocycles. The molecule has 0 unspecified atom stereocenters. The summed E-state index contributed by atoms with van der Waals surface area (Å²) in [4.78, 5) is 3.93. The molecule has 0 bridgehead atoms. The third kappa shape index (κ3) is 2.29. The molecule has 1 aromatic rings. The van der Waals surface area contributed by atoms with Crippen molar-refractivity contribution in [2.75, 3.05) is 6.54 Å². The largest absolute Gasteiger partial charge is 0.329 e. The van der Waals surface area contributed by atoms with E-state index in [1.54, 1.807) is 12.3 Å². The van der Waals surface area contributed by atoms with E-state index in [0.717, 1.165) is 9.13 Å². The van der Waals surface area contributed by atoms with Crippen molar-refractivity contribution >= 4 is 34.2 Å². The Morgan fingerprint density at radius 1 is 1.67 bits per heavy atom. The lowest BCUT2D eigenvalue weighted by molar-refractivity contribution is 0.729. The second kappa shape index (κ2) is 4.36. The third-order valence-electron chi connectivity index (χ3n) is 1.50. The molecule has 0 radical (unpaired) electrons. The summed E-state index contributed by atoms with van der Waals surface area (Å²) >= 11 is 7.84. The van der Waals surface area contributed by atoms with Crippen molar-refractivity contribution in [3.63, 3.8) is 0 Å². The van der Waals surface area contributed by atoms with Crippen LogP contribution in [0.15, 0.2) is 12.3 Å². The molecule has 0 amide bonds. The number of nitrogens with two attached hydrogens (primary N) is 2. The highest BCUT2D eigenvalue weighted by atomic mass is 127. The third-order valence-corrected chi connectivity index (χ3v) is 2.64. The van der Waals surface area contributed by atoms with Crippen LogP contribution in [0.3, 0.4) is 0 Å². The molecule has 66 valence electrons. The molecule has 0 aliphatic heterocycles. The van der Waals surface area contributed by atoms with Gasteiger partial charge >= 0.3 is 0 Å². The molecule has 0 saturated carbocycles. The van der Waals surface area contributed by atoms with Gasteiger partial charge in [-0.1, -0.05) is 11.6 Å². The maximum Gasteiger partial charge on any atom is 0.130 e. The van der Waals surface area contributed by atoms with E-state index < -0.39 is 0 Å². The first-order valence-corrected chi connectivity index (χ1v) is 4.87. The monoisotopic (exact) mass is 297 g/mol. The van der Waals surface area contributed by atoms with Crippen LogP contribution in [0.4, 0.5) is 0 Å². The molecule has 0 fully saturated rings. The number of nitrogens with zero attached hydrogens (tertiary/aromatic N) is 1. The first-order valence-electron chi connectivity index (χ1n) is 3.41. The molecule has 12 heavy (non-hydrogen) atoms. The Balaban J connectivity index is 3.01. The Hall–Kier alpha value is 0.0900. The lowest BCUT2D eigenvalue weighted by Gasteiger charge is -2.10. The fourth-order valence-corrected chi connectivity index (χ4v) is 1.99. The van der Waals surface area contributed by atoms with Crippen molar-refractivity contribution < 1.29 is 0 Å². The highest BCUT2D eigenvalue weighted by Gasteiger charge is 2.08. The van der Waals surface area contributed by atoms with Gasteiger partial charge in [0.25, 0.3) is 0 Å². The number of rotatable bonds is 2. The zero-order valence-corrected chi connectivity index (χ0v) is 9.21. The van der Waals surface area contributed by atoms with Gasteiger partial charge in [-0.2, -0.15) is 0 Å². The summed E-state index contributed by atoms with van der Waals surface area (Å²) in [6.45, 7) is 0.416. The Bertz CT molecular complexity index is 279. The van der Waals surface area contributed by atoms with Crippen molar-refractivity contribution in [1.82, 2.24) is 4.98 Å². The summed E-state index contributed by atoms with van der Waals surface area (Å²) in [5, 5.41) is 0.479. The number of hydrogen-bond acceptors (Lipinski definition) is 3. The van der Waals surface area contributed by atoms with Gasteiger partial charge in [-0.3, -0.25) is 0 Å². The molecule has 4 N–H and O–H groups in total. The molecule has 0 aliphatic rings. The summed E-state index contributed by atoms with van der Waals surface area (Å²) < 4.78 is 1.01. The topological polar surface area (TPSA) is 64.9 Å². The molecule has 3 nitrogen and oxygen atoms in total. The van der Waals surface area contributed by atoms with Crippen molar-refractivity contribution in [2.45, 2.75) is 6.04 Å². The maximum absolute atomic E-state index is 5.73. The summed E-state index contributed by atoms with van der Waals surface area (Å²) in [5.41, 5.74) is 12.1. The van der Waals surface area contributed by atoms with Crippen LogP contribution < -0.4 is 11.5 Å². The predicted octanol–water partition coefficient (Wildman–Crippen LogP) is 1.30. The van der Waals surface area contributed by atoms with Crippen LogP contribution in [0.2, 0.25) is 5.15 Å². The van der Waals surface area contributed by atoms with Crippen molar-refractivity contribution in [3.05, 3.63) is 26.5 Å². The van der Waals surface area contributed by atoms with Gasteiger partial charge in [0.05, 0.1) is 0 Å². The fraction of sp³-hybridized carbons (Fsp3) is 0.286. The van der Waals surface area contributed by atoms with Crippen molar-refractivity contribution in [1.29, 1.82) is 0 Å². The van der Waals surface area contributed by atoms with Crippen LogP contribution in [-0.2, 0) is 0 Å². The maximum atomic E-state index is 5.73. The average molecular weight is 298 g/mol. The SMILES string of the molecule is NC[C@@H](N)c1cnc(Cl)cc1I. The van der Waals surface area contributed by atoms with Crippen molar-refractivity contribution in [3.8, 4) is 0 Å². The molecule has 0 aliphatic carbocycles. The standard InChI is InChI=1S/C7H9ClIN3/c8-7-1-5(9)4(3-12-7)6(11)2-10/h1,3,6H,2,10-11H2/t6-/m1/s1. The molecule has 5 heteroatoms. The van der Waals surface area contributed by atoms with E-state index in [0.29, 0.717) is 11.7 Å². The van der Waals surface area contributed by atoms with Gasteiger partial charge in [-0.15, -0.1) is 0 Å². The number of aromatic nitrogens is 1.